The highest BCUT2D eigenvalue weighted by molar-refractivity contribution is 6.30. The maximum absolute atomic E-state index is 12.1. The first-order valence-corrected chi connectivity index (χ1v) is 6.86. The molecule has 0 fully saturated rings. The summed E-state index contributed by atoms with van der Waals surface area (Å²) in [5.41, 5.74) is 0.624. The van der Waals surface area contributed by atoms with E-state index in [0.717, 1.165) is 18.4 Å². The predicted molar refractivity (Wildman–Crippen MR) is 76.7 cm³/mol. The van der Waals surface area contributed by atoms with Gasteiger partial charge in [-0.3, -0.25) is 4.79 Å². The molecule has 3 heteroatoms. The molecule has 0 unspecified atom stereocenters. The maximum Gasteiger partial charge on any atom is 0.223 e. The minimum absolute atomic E-state index is 0.0865. The highest BCUT2D eigenvalue weighted by atomic mass is 35.5. The zero-order valence-electron chi connectivity index (χ0n) is 11.6. The molecule has 100 valence electrons. The van der Waals surface area contributed by atoms with E-state index in [9.17, 15) is 4.79 Å². The molecule has 1 aromatic rings. The van der Waals surface area contributed by atoms with Crippen LogP contribution in [0, 0.1) is 5.92 Å². The molecule has 2 nitrogen and oxygen atoms in total. The van der Waals surface area contributed by atoms with Crippen molar-refractivity contribution in [3.8, 4) is 0 Å². The van der Waals surface area contributed by atoms with Crippen molar-refractivity contribution in [3.63, 3.8) is 0 Å². The van der Waals surface area contributed by atoms with Gasteiger partial charge in [0, 0.05) is 10.9 Å². The smallest absolute Gasteiger partial charge is 0.223 e. The van der Waals surface area contributed by atoms with Crippen LogP contribution in [0.15, 0.2) is 24.3 Å². The van der Waals surface area contributed by atoms with Gasteiger partial charge in [-0.05, 0) is 44.4 Å². The standard InChI is InChI=1S/C15H22ClNO/c1-5-11(6-2)14(18)17-15(3,4)12-8-7-9-13(16)10-12/h7-11H,5-6H2,1-4H3,(H,17,18). The van der Waals surface area contributed by atoms with Crippen LogP contribution in [-0.4, -0.2) is 5.91 Å². The Morgan fingerprint density at radius 2 is 1.94 bits per heavy atom. The Hall–Kier alpha value is -1.02. The molecule has 1 rings (SSSR count). The number of carbonyl (C=O) groups is 1. The van der Waals surface area contributed by atoms with Crippen molar-refractivity contribution in [2.45, 2.75) is 46.1 Å². The van der Waals surface area contributed by atoms with Crippen molar-refractivity contribution in [3.05, 3.63) is 34.9 Å². The second-order valence-corrected chi connectivity index (χ2v) is 5.57. The van der Waals surface area contributed by atoms with Gasteiger partial charge < -0.3 is 5.32 Å². The number of amides is 1. The fraction of sp³-hybridized carbons (Fsp3) is 0.533. The van der Waals surface area contributed by atoms with Gasteiger partial charge in [0.15, 0.2) is 0 Å². The second-order valence-electron chi connectivity index (χ2n) is 5.14. The maximum atomic E-state index is 12.1. The quantitative estimate of drug-likeness (QED) is 0.854. The largest absolute Gasteiger partial charge is 0.347 e. The fourth-order valence-electron chi connectivity index (χ4n) is 2.02. The lowest BCUT2D eigenvalue weighted by Gasteiger charge is -2.29. The van der Waals surface area contributed by atoms with Crippen LogP contribution >= 0.6 is 11.6 Å². The molecule has 0 aliphatic carbocycles. The highest BCUT2D eigenvalue weighted by Crippen LogP contribution is 2.24. The minimum Gasteiger partial charge on any atom is -0.347 e. The molecule has 0 heterocycles. The Morgan fingerprint density at radius 1 is 1.33 bits per heavy atom. The zero-order chi connectivity index (χ0) is 13.8. The summed E-state index contributed by atoms with van der Waals surface area (Å²) in [6, 6.07) is 7.63. The van der Waals surface area contributed by atoms with Crippen molar-refractivity contribution < 1.29 is 4.79 Å². The Bertz CT molecular complexity index is 411. The first-order chi connectivity index (χ1) is 8.40. The number of rotatable bonds is 5. The molecule has 0 aliphatic rings. The molecular weight excluding hydrogens is 246 g/mol. The van der Waals surface area contributed by atoms with Gasteiger partial charge >= 0.3 is 0 Å². The van der Waals surface area contributed by atoms with Gasteiger partial charge in [0.1, 0.15) is 0 Å². The Balaban J connectivity index is 2.84. The normalized spacial score (nSPS) is 11.7. The Morgan fingerprint density at radius 3 is 2.44 bits per heavy atom. The van der Waals surface area contributed by atoms with Crippen molar-refractivity contribution in [2.75, 3.05) is 0 Å². The highest BCUT2D eigenvalue weighted by Gasteiger charge is 2.25. The summed E-state index contributed by atoms with van der Waals surface area (Å²) in [6.07, 6.45) is 1.74. The molecule has 18 heavy (non-hydrogen) atoms. The van der Waals surface area contributed by atoms with E-state index in [4.69, 9.17) is 11.6 Å². The molecule has 0 saturated heterocycles. The van der Waals surface area contributed by atoms with Gasteiger partial charge in [-0.25, -0.2) is 0 Å². The molecular formula is C15H22ClNO. The van der Waals surface area contributed by atoms with Crippen LogP contribution in [0.25, 0.3) is 0 Å². The summed E-state index contributed by atoms with van der Waals surface area (Å²) < 4.78 is 0. The third-order valence-electron chi connectivity index (χ3n) is 3.34. The van der Waals surface area contributed by atoms with Crippen molar-refractivity contribution in [1.29, 1.82) is 0 Å². The van der Waals surface area contributed by atoms with Gasteiger partial charge in [-0.15, -0.1) is 0 Å². The number of hydrogen-bond acceptors (Lipinski definition) is 1. The van der Waals surface area contributed by atoms with E-state index in [-0.39, 0.29) is 11.8 Å². The summed E-state index contributed by atoms with van der Waals surface area (Å²) >= 11 is 5.99. The third kappa shape index (κ3) is 3.74. The lowest BCUT2D eigenvalue weighted by Crippen LogP contribution is -2.43. The lowest BCUT2D eigenvalue weighted by atomic mass is 9.92. The van der Waals surface area contributed by atoms with Crippen LogP contribution in [0.5, 0.6) is 0 Å². The molecule has 0 spiro atoms. The number of benzene rings is 1. The summed E-state index contributed by atoms with van der Waals surface area (Å²) in [6.45, 7) is 8.08. The van der Waals surface area contributed by atoms with Crippen LogP contribution in [0.4, 0.5) is 0 Å². The molecule has 1 N–H and O–H groups in total. The van der Waals surface area contributed by atoms with E-state index in [1.165, 1.54) is 0 Å². The van der Waals surface area contributed by atoms with E-state index in [1.807, 2.05) is 52.0 Å². The first kappa shape index (κ1) is 15.0. The number of nitrogens with one attached hydrogen (secondary N) is 1. The molecule has 0 aromatic heterocycles. The SMILES string of the molecule is CCC(CC)C(=O)NC(C)(C)c1cccc(Cl)c1. The van der Waals surface area contributed by atoms with E-state index in [2.05, 4.69) is 5.32 Å². The lowest BCUT2D eigenvalue weighted by molar-refractivity contribution is -0.126. The van der Waals surface area contributed by atoms with Crippen molar-refractivity contribution in [2.24, 2.45) is 5.92 Å². The van der Waals surface area contributed by atoms with E-state index < -0.39 is 5.54 Å². The van der Waals surface area contributed by atoms with Crippen LogP contribution in [0.1, 0.15) is 46.1 Å². The van der Waals surface area contributed by atoms with Gasteiger partial charge in [-0.1, -0.05) is 37.6 Å². The predicted octanol–water partition coefficient (Wildman–Crippen LogP) is 4.13. The van der Waals surface area contributed by atoms with Crippen molar-refractivity contribution >= 4 is 17.5 Å². The Labute approximate surface area is 115 Å². The van der Waals surface area contributed by atoms with E-state index in [0.29, 0.717) is 5.02 Å². The first-order valence-electron chi connectivity index (χ1n) is 6.48. The minimum atomic E-state index is -0.398. The van der Waals surface area contributed by atoms with Gasteiger partial charge in [-0.2, -0.15) is 0 Å². The summed E-state index contributed by atoms with van der Waals surface area (Å²) in [5, 5.41) is 3.80. The molecule has 1 aromatic carbocycles. The van der Waals surface area contributed by atoms with Crippen LogP contribution in [0.2, 0.25) is 5.02 Å². The summed E-state index contributed by atoms with van der Waals surface area (Å²) in [5.74, 6) is 0.202. The molecule has 0 aliphatic heterocycles. The van der Waals surface area contributed by atoms with Gasteiger partial charge in [0.2, 0.25) is 5.91 Å². The van der Waals surface area contributed by atoms with Gasteiger partial charge in [0.25, 0.3) is 0 Å². The average molecular weight is 268 g/mol. The molecule has 0 radical (unpaired) electrons. The van der Waals surface area contributed by atoms with E-state index >= 15 is 0 Å². The molecule has 0 bridgehead atoms. The topological polar surface area (TPSA) is 29.1 Å². The molecule has 0 saturated carbocycles. The fourth-order valence-corrected chi connectivity index (χ4v) is 2.21. The van der Waals surface area contributed by atoms with Crippen LogP contribution < -0.4 is 5.32 Å². The van der Waals surface area contributed by atoms with Crippen molar-refractivity contribution in [1.82, 2.24) is 5.32 Å². The third-order valence-corrected chi connectivity index (χ3v) is 3.57. The summed E-state index contributed by atoms with van der Waals surface area (Å²) in [4.78, 5) is 12.1. The number of halogens is 1. The molecule has 0 atom stereocenters. The monoisotopic (exact) mass is 267 g/mol. The number of hydrogen-bond donors (Lipinski definition) is 1. The van der Waals surface area contributed by atoms with E-state index in [1.54, 1.807) is 0 Å². The molecule has 1 amide bonds. The van der Waals surface area contributed by atoms with Crippen LogP contribution in [0.3, 0.4) is 0 Å². The summed E-state index contributed by atoms with van der Waals surface area (Å²) in [7, 11) is 0. The Kier molecular flexibility index (Phi) is 5.21. The van der Waals surface area contributed by atoms with Gasteiger partial charge in [0.05, 0.1) is 5.54 Å². The zero-order valence-corrected chi connectivity index (χ0v) is 12.3. The number of carbonyl (C=O) groups excluding carboxylic acids is 1. The average Bonchev–Trinajstić information content (AvgIpc) is 2.30. The van der Waals surface area contributed by atoms with Crippen LogP contribution in [-0.2, 0) is 10.3 Å². The second kappa shape index (κ2) is 6.24.